The van der Waals surface area contributed by atoms with Crippen LogP contribution in [0.25, 0.3) is 0 Å². The molecule has 3 amide bonds. The number of nitrogens with one attached hydrogen (secondary N) is 1. The molecule has 0 aliphatic carbocycles. The van der Waals surface area contributed by atoms with Crippen LogP contribution >= 0.6 is 11.3 Å². The van der Waals surface area contributed by atoms with Gasteiger partial charge in [-0.25, -0.2) is 18.9 Å². The first-order valence-corrected chi connectivity index (χ1v) is 12.9. The van der Waals surface area contributed by atoms with Gasteiger partial charge in [-0.3, -0.25) is 24.3 Å². The van der Waals surface area contributed by atoms with Gasteiger partial charge >= 0.3 is 22.4 Å². The minimum atomic E-state index is -5.07. The zero-order valence-electron chi connectivity index (χ0n) is 19.9. The average Bonchev–Trinajstić information content (AvgIpc) is 3.30. The van der Waals surface area contributed by atoms with Gasteiger partial charge in [-0.2, -0.15) is 8.42 Å². The van der Waals surface area contributed by atoms with Crippen LogP contribution in [0.3, 0.4) is 0 Å². The van der Waals surface area contributed by atoms with E-state index in [0.717, 1.165) is 11.3 Å². The topological polar surface area (TPSA) is 286 Å². The number of nitro groups is 1. The van der Waals surface area contributed by atoms with Gasteiger partial charge in [0.25, 0.3) is 17.5 Å². The molecule has 0 saturated carbocycles. The smallest absolute Gasteiger partial charge is 0.404 e. The van der Waals surface area contributed by atoms with Gasteiger partial charge in [0.15, 0.2) is 10.8 Å². The molecule has 1 fully saturated rings. The van der Waals surface area contributed by atoms with E-state index in [-0.39, 0.29) is 27.4 Å². The number of rotatable bonds is 12. The van der Waals surface area contributed by atoms with Crippen molar-refractivity contribution in [3.8, 4) is 0 Å². The van der Waals surface area contributed by atoms with Crippen molar-refractivity contribution in [3.05, 3.63) is 51.0 Å². The van der Waals surface area contributed by atoms with E-state index in [2.05, 4.69) is 20.2 Å². The summed E-state index contributed by atoms with van der Waals surface area (Å²) in [5.41, 5.74) is 10.0. The highest BCUT2D eigenvalue weighted by atomic mass is 32.2. The Morgan fingerprint density at radius 2 is 1.93 bits per heavy atom. The van der Waals surface area contributed by atoms with Gasteiger partial charge in [0.05, 0.1) is 4.92 Å². The Balaban J connectivity index is 1.67. The third-order valence-electron chi connectivity index (χ3n) is 4.97. The molecule has 2 aromatic rings. The van der Waals surface area contributed by atoms with Crippen molar-refractivity contribution in [1.82, 2.24) is 14.6 Å². The number of nitrogens with zero attached hydrogens (tertiary/aromatic N) is 4. The fourth-order valence-corrected chi connectivity index (χ4v) is 4.59. The monoisotopic (exact) mass is 601 g/mol. The third kappa shape index (κ3) is 7.36. The minimum absolute atomic E-state index is 0.0167. The van der Waals surface area contributed by atoms with E-state index in [0.29, 0.717) is 5.56 Å². The molecule has 214 valence electrons. The number of nitro benzene ring substituents is 1. The van der Waals surface area contributed by atoms with E-state index in [9.17, 15) is 42.3 Å². The maximum absolute atomic E-state index is 12.9. The maximum Gasteiger partial charge on any atom is 0.404 e. The first kappa shape index (κ1) is 29.7. The average molecular weight is 602 g/mol. The van der Waals surface area contributed by atoms with Crippen LogP contribution in [0.5, 0.6) is 0 Å². The summed E-state index contributed by atoms with van der Waals surface area (Å²) in [7, 11) is -5.07. The molecule has 40 heavy (non-hydrogen) atoms. The number of primary amides is 1. The van der Waals surface area contributed by atoms with E-state index in [4.69, 9.17) is 21.0 Å². The predicted molar refractivity (Wildman–Crippen MR) is 132 cm³/mol. The number of ether oxygens (including phenoxy) is 2. The number of aromatic nitrogens is 1. The van der Waals surface area contributed by atoms with Gasteiger partial charge < -0.3 is 31.1 Å². The molecule has 19 nitrogen and oxygen atoms in total. The molecule has 1 aromatic carbocycles. The first-order valence-electron chi connectivity index (χ1n) is 10.6. The van der Waals surface area contributed by atoms with Crippen LogP contribution in [-0.4, -0.2) is 82.1 Å². The van der Waals surface area contributed by atoms with E-state index >= 15 is 0 Å². The highest BCUT2D eigenvalue weighted by Gasteiger charge is 2.54. The molecule has 1 aromatic heterocycles. The molecule has 1 aliphatic heterocycles. The van der Waals surface area contributed by atoms with Crippen LogP contribution in [0.1, 0.15) is 11.3 Å². The van der Waals surface area contributed by atoms with Gasteiger partial charge in [-0.05, 0) is 17.7 Å². The normalized spacial score (nSPS) is 17.0. The molecule has 0 spiro atoms. The number of oxime groups is 1. The Bertz CT molecular complexity index is 1460. The number of thiazole rings is 1. The van der Waals surface area contributed by atoms with E-state index in [1.54, 1.807) is 0 Å². The zero-order valence-corrected chi connectivity index (χ0v) is 21.5. The van der Waals surface area contributed by atoms with Gasteiger partial charge in [-0.15, -0.1) is 11.3 Å². The molecule has 6 N–H and O–H groups in total. The van der Waals surface area contributed by atoms with Crippen LogP contribution in [-0.2, 0) is 45.6 Å². The van der Waals surface area contributed by atoms with Crippen molar-refractivity contribution < 1.29 is 51.4 Å². The van der Waals surface area contributed by atoms with Gasteiger partial charge in [0.1, 0.15) is 31.0 Å². The second kappa shape index (κ2) is 12.3. The number of carbonyl (C=O) groups excluding carboxylic acids is 4. The summed E-state index contributed by atoms with van der Waals surface area (Å²) in [4.78, 5) is 67.0. The molecular weight excluding hydrogens is 582 g/mol. The number of carbonyl (C=O) groups is 4. The number of hydrogen-bond acceptors (Lipinski definition) is 15. The number of nitrogens with two attached hydrogens (primary N) is 2. The number of benzene rings is 1. The van der Waals surface area contributed by atoms with Crippen molar-refractivity contribution in [2.45, 2.75) is 18.7 Å². The summed E-state index contributed by atoms with van der Waals surface area (Å²) in [6.07, 6.45) is -1.31. The van der Waals surface area contributed by atoms with Crippen molar-refractivity contribution >= 4 is 62.0 Å². The summed E-state index contributed by atoms with van der Waals surface area (Å²) in [5.74, 6) is -3.33. The Morgan fingerprint density at radius 1 is 1.25 bits per heavy atom. The molecule has 2 atom stereocenters. The standard InChI is InChI=1S/C19H19N7O12S2/c20-18-22-11(8-39-18)14(24-38-7-13(27)36-5-9-1-3-10(4-2-9)26(31)32)16(28)23-15-12(6-37-19(21)30)25(17(15)29)40(33,34)35/h1-4,8,12,15H,5-7H2,(H2,20,22)(H2,21,30)(H,23,28)(H,33,34,35)/t12-,15+/m1/s1. The Morgan fingerprint density at radius 3 is 2.48 bits per heavy atom. The predicted octanol–water partition coefficient (Wildman–Crippen LogP) is -1.31. The number of anilines is 1. The quantitative estimate of drug-likeness (QED) is 0.0549. The molecule has 3 rings (SSSR count). The fraction of sp³-hybridized carbons (Fsp3) is 0.263. The van der Waals surface area contributed by atoms with Crippen LogP contribution < -0.4 is 16.8 Å². The molecule has 1 saturated heterocycles. The first-order chi connectivity index (χ1) is 18.8. The number of non-ortho nitro benzene ring substituents is 1. The van der Waals surface area contributed by atoms with Gasteiger partial charge in [-0.1, -0.05) is 5.16 Å². The second-order valence-corrected chi connectivity index (χ2v) is 9.81. The molecule has 1 aliphatic rings. The Labute approximate surface area is 227 Å². The molecule has 0 radical (unpaired) electrons. The van der Waals surface area contributed by atoms with E-state index in [1.165, 1.54) is 29.6 Å². The molecule has 2 heterocycles. The zero-order chi connectivity index (χ0) is 29.6. The SMILES string of the molecule is NC(=O)OC[C@@H]1[C@H](NC(=O)C(=NOCC(=O)OCc2ccc([N+](=O)[O-])cc2)c2csc(N)n2)C(=O)N1S(=O)(=O)O. The highest BCUT2D eigenvalue weighted by molar-refractivity contribution is 7.84. The van der Waals surface area contributed by atoms with Crippen LogP contribution in [0, 0.1) is 10.1 Å². The lowest BCUT2D eigenvalue weighted by Gasteiger charge is -2.43. The molecule has 0 bridgehead atoms. The molecular formula is C19H19N7O12S2. The largest absolute Gasteiger partial charge is 0.458 e. The van der Waals surface area contributed by atoms with Crippen molar-refractivity contribution in [2.75, 3.05) is 18.9 Å². The lowest BCUT2D eigenvalue weighted by Crippen LogP contribution is -2.73. The Hall–Kier alpha value is -4.89. The number of amides is 3. The lowest BCUT2D eigenvalue weighted by atomic mass is 9.99. The summed E-state index contributed by atoms with van der Waals surface area (Å²) >= 11 is 0.911. The molecule has 21 heteroatoms. The van der Waals surface area contributed by atoms with E-state index in [1.807, 2.05) is 0 Å². The van der Waals surface area contributed by atoms with E-state index < -0.39 is 70.1 Å². The van der Waals surface area contributed by atoms with Crippen LogP contribution in [0.2, 0.25) is 0 Å². The summed E-state index contributed by atoms with van der Waals surface area (Å²) in [6.45, 7) is -1.83. The second-order valence-electron chi connectivity index (χ2n) is 7.63. The summed E-state index contributed by atoms with van der Waals surface area (Å²) < 4.78 is 41.7. The minimum Gasteiger partial charge on any atom is -0.458 e. The summed E-state index contributed by atoms with van der Waals surface area (Å²) in [6, 6.07) is 2.05. The summed E-state index contributed by atoms with van der Waals surface area (Å²) in [5, 5.41) is 17.7. The number of hydrogen-bond donors (Lipinski definition) is 4. The lowest BCUT2D eigenvalue weighted by molar-refractivity contribution is -0.384. The number of esters is 1. The van der Waals surface area contributed by atoms with Gasteiger partial charge in [0, 0.05) is 17.5 Å². The van der Waals surface area contributed by atoms with Gasteiger partial charge in [0.2, 0.25) is 6.61 Å². The Kier molecular flexibility index (Phi) is 9.13. The number of nitrogen functional groups attached to an aromatic ring is 1. The fourth-order valence-electron chi connectivity index (χ4n) is 3.17. The van der Waals surface area contributed by atoms with Crippen LogP contribution in [0.4, 0.5) is 15.6 Å². The maximum atomic E-state index is 12.9. The van der Waals surface area contributed by atoms with Crippen molar-refractivity contribution in [3.63, 3.8) is 0 Å². The highest BCUT2D eigenvalue weighted by Crippen LogP contribution is 2.24. The third-order valence-corrected chi connectivity index (χ3v) is 6.59. The van der Waals surface area contributed by atoms with Crippen molar-refractivity contribution in [1.29, 1.82) is 0 Å². The number of β-lactam (4-membered cyclic amide) rings is 1. The molecule has 0 unspecified atom stereocenters. The van der Waals surface area contributed by atoms with Crippen molar-refractivity contribution in [2.24, 2.45) is 10.9 Å². The van der Waals surface area contributed by atoms with Crippen LogP contribution in [0.15, 0.2) is 34.8 Å².